The Labute approximate surface area is 197 Å². The van der Waals surface area contributed by atoms with Gasteiger partial charge in [0.1, 0.15) is 29.2 Å². The van der Waals surface area contributed by atoms with Gasteiger partial charge >= 0.3 is 0 Å². The van der Waals surface area contributed by atoms with Crippen molar-refractivity contribution in [2.24, 2.45) is 5.92 Å². The van der Waals surface area contributed by atoms with Crippen molar-refractivity contribution in [2.45, 2.75) is 32.7 Å². The zero-order valence-electron chi connectivity index (χ0n) is 18.5. The molecule has 3 heterocycles. The average molecular weight is 491 g/mol. The van der Waals surface area contributed by atoms with Crippen molar-refractivity contribution in [1.82, 2.24) is 19.9 Å². The minimum absolute atomic E-state index is 0.0253. The van der Waals surface area contributed by atoms with Gasteiger partial charge in [-0.3, -0.25) is 19.0 Å². The predicted molar refractivity (Wildman–Crippen MR) is 125 cm³/mol. The first-order valence-corrected chi connectivity index (χ1v) is 11.8. The molecule has 1 saturated heterocycles. The lowest BCUT2D eigenvalue weighted by Crippen LogP contribution is -2.43. The summed E-state index contributed by atoms with van der Waals surface area (Å²) in [5.74, 6) is -2.40. The van der Waals surface area contributed by atoms with E-state index in [1.54, 1.807) is 0 Å². The Kier molecular flexibility index (Phi) is 7.15. The van der Waals surface area contributed by atoms with Crippen LogP contribution >= 0.6 is 11.3 Å². The van der Waals surface area contributed by atoms with Gasteiger partial charge in [0.05, 0.1) is 5.92 Å². The summed E-state index contributed by atoms with van der Waals surface area (Å²) in [5.41, 5.74) is -0.220. The molecule has 1 fully saturated rings. The van der Waals surface area contributed by atoms with Crippen molar-refractivity contribution in [3.05, 3.63) is 46.5 Å². The smallest absolute Gasteiger partial charge is 0.273 e. The SMILES string of the molecule is CCCNC(=O)C1CCCN(c2nc3ncn(CC(=O)Nc4cc(F)cc(F)c4)c(=O)c3s2)C1. The molecule has 3 aromatic rings. The van der Waals surface area contributed by atoms with Crippen LogP contribution in [0.4, 0.5) is 19.6 Å². The first-order valence-electron chi connectivity index (χ1n) is 11.0. The van der Waals surface area contributed by atoms with Crippen LogP contribution in [-0.2, 0) is 16.1 Å². The van der Waals surface area contributed by atoms with Gasteiger partial charge in [-0.25, -0.2) is 13.8 Å². The van der Waals surface area contributed by atoms with Gasteiger partial charge < -0.3 is 15.5 Å². The first-order chi connectivity index (χ1) is 16.3. The van der Waals surface area contributed by atoms with E-state index < -0.39 is 23.1 Å². The second kappa shape index (κ2) is 10.2. The normalized spacial score (nSPS) is 16.0. The zero-order chi connectivity index (χ0) is 24.2. The number of carbonyl (C=O) groups is 2. The van der Waals surface area contributed by atoms with E-state index in [2.05, 4.69) is 20.6 Å². The van der Waals surface area contributed by atoms with E-state index in [4.69, 9.17) is 0 Å². The molecule has 1 unspecified atom stereocenters. The third kappa shape index (κ3) is 5.38. The minimum atomic E-state index is -0.824. The maximum Gasteiger partial charge on any atom is 0.273 e. The molecule has 1 aliphatic rings. The molecule has 4 rings (SSSR count). The van der Waals surface area contributed by atoms with E-state index in [0.29, 0.717) is 29.0 Å². The molecule has 0 bridgehead atoms. The monoisotopic (exact) mass is 490 g/mol. The lowest BCUT2D eigenvalue weighted by atomic mass is 9.97. The number of carbonyl (C=O) groups excluding carboxylic acids is 2. The summed E-state index contributed by atoms with van der Waals surface area (Å²) in [6, 6.07) is 2.66. The second-order valence-corrected chi connectivity index (χ2v) is 9.09. The molecule has 34 heavy (non-hydrogen) atoms. The van der Waals surface area contributed by atoms with Crippen molar-refractivity contribution in [2.75, 3.05) is 29.9 Å². The van der Waals surface area contributed by atoms with Crippen LogP contribution in [-0.4, -0.2) is 46.0 Å². The van der Waals surface area contributed by atoms with Gasteiger partial charge in [-0.2, -0.15) is 4.98 Å². The summed E-state index contributed by atoms with van der Waals surface area (Å²) in [6.07, 6.45) is 3.72. The van der Waals surface area contributed by atoms with Crippen molar-refractivity contribution in [3.63, 3.8) is 0 Å². The lowest BCUT2D eigenvalue weighted by molar-refractivity contribution is -0.125. The summed E-state index contributed by atoms with van der Waals surface area (Å²) >= 11 is 1.17. The van der Waals surface area contributed by atoms with Crippen LogP contribution in [0.2, 0.25) is 0 Å². The number of fused-ring (bicyclic) bond motifs is 1. The molecule has 9 nitrogen and oxygen atoms in total. The number of thiazole rings is 1. The standard InChI is InChI=1S/C22H24F2N6O3S/c1-2-5-25-20(32)13-4-3-6-29(10-13)22-28-19-18(34-22)21(33)30(12-26-19)11-17(31)27-16-8-14(23)7-15(24)9-16/h7-9,12-13H,2-6,10-11H2,1H3,(H,25,32)(H,27,31). The highest BCUT2D eigenvalue weighted by Crippen LogP contribution is 2.29. The average Bonchev–Trinajstić information content (AvgIpc) is 3.24. The number of halogens is 2. The predicted octanol–water partition coefficient (Wildman–Crippen LogP) is 2.51. The molecule has 0 spiro atoms. The number of aromatic nitrogens is 3. The Morgan fingerprint density at radius 3 is 2.74 bits per heavy atom. The maximum atomic E-state index is 13.3. The molecular weight excluding hydrogens is 466 g/mol. The molecule has 0 aliphatic carbocycles. The van der Waals surface area contributed by atoms with Crippen LogP contribution in [0.5, 0.6) is 0 Å². The Morgan fingerprint density at radius 1 is 1.24 bits per heavy atom. The van der Waals surface area contributed by atoms with Crippen molar-refractivity contribution < 1.29 is 18.4 Å². The topological polar surface area (TPSA) is 109 Å². The molecule has 0 radical (unpaired) electrons. The Hall–Kier alpha value is -3.41. The zero-order valence-corrected chi connectivity index (χ0v) is 19.3. The van der Waals surface area contributed by atoms with E-state index in [1.807, 2.05) is 11.8 Å². The highest BCUT2D eigenvalue weighted by atomic mass is 32.1. The number of hydrogen-bond acceptors (Lipinski definition) is 7. The molecule has 1 aliphatic heterocycles. The number of benzene rings is 1. The molecule has 2 aromatic heterocycles. The van der Waals surface area contributed by atoms with E-state index in [1.165, 1.54) is 17.7 Å². The first kappa shape index (κ1) is 23.7. The molecule has 1 aromatic carbocycles. The summed E-state index contributed by atoms with van der Waals surface area (Å²) in [5, 5.41) is 5.90. The van der Waals surface area contributed by atoms with Crippen LogP contribution in [0.25, 0.3) is 10.3 Å². The number of rotatable bonds is 7. The fourth-order valence-electron chi connectivity index (χ4n) is 3.82. The summed E-state index contributed by atoms with van der Waals surface area (Å²) in [6.45, 7) is 3.49. The largest absolute Gasteiger partial charge is 0.356 e. The molecule has 2 amide bonds. The molecular formula is C22H24F2N6O3S. The Bertz CT molecular complexity index is 1260. The minimum Gasteiger partial charge on any atom is -0.356 e. The number of piperidine rings is 1. The summed E-state index contributed by atoms with van der Waals surface area (Å²) in [7, 11) is 0. The van der Waals surface area contributed by atoms with Crippen molar-refractivity contribution in [1.29, 1.82) is 0 Å². The summed E-state index contributed by atoms with van der Waals surface area (Å²) < 4.78 is 28.1. The Morgan fingerprint density at radius 2 is 2.00 bits per heavy atom. The number of amides is 2. The van der Waals surface area contributed by atoms with E-state index in [-0.39, 0.29) is 29.7 Å². The molecule has 1 atom stereocenters. The van der Waals surface area contributed by atoms with Crippen LogP contribution in [0.3, 0.4) is 0 Å². The Balaban J connectivity index is 1.48. The number of nitrogens with zero attached hydrogens (tertiary/aromatic N) is 4. The highest BCUT2D eigenvalue weighted by molar-refractivity contribution is 7.22. The molecule has 180 valence electrons. The van der Waals surface area contributed by atoms with Gasteiger partial charge in [-0.05, 0) is 31.4 Å². The van der Waals surface area contributed by atoms with Crippen LogP contribution in [0.1, 0.15) is 26.2 Å². The van der Waals surface area contributed by atoms with Crippen molar-refractivity contribution in [3.8, 4) is 0 Å². The molecule has 12 heteroatoms. The second-order valence-electron chi connectivity index (χ2n) is 8.11. The van der Waals surface area contributed by atoms with Crippen molar-refractivity contribution >= 4 is 44.3 Å². The molecule has 2 N–H and O–H groups in total. The van der Waals surface area contributed by atoms with Gasteiger partial charge in [-0.15, -0.1) is 0 Å². The quantitative estimate of drug-likeness (QED) is 0.527. The highest BCUT2D eigenvalue weighted by Gasteiger charge is 2.27. The van der Waals surface area contributed by atoms with E-state index in [0.717, 1.165) is 42.5 Å². The van der Waals surface area contributed by atoms with Crippen LogP contribution in [0, 0.1) is 17.6 Å². The van der Waals surface area contributed by atoms with Gasteiger partial charge in [0.25, 0.3) is 5.56 Å². The fraction of sp³-hybridized carbons (Fsp3) is 0.409. The van der Waals surface area contributed by atoms with Crippen LogP contribution < -0.4 is 21.1 Å². The lowest BCUT2D eigenvalue weighted by Gasteiger charge is -2.31. The maximum absolute atomic E-state index is 13.3. The third-order valence-corrected chi connectivity index (χ3v) is 6.54. The van der Waals surface area contributed by atoms with Gasteiger partial charge in [0.2, 0.25) is 11.8 Å². The van der Waals surface area contributed by atoms with E-state index in [9.17, 15) is 23.2 Å². The number of nitrogens with one attached hydrogen (secondary N) is 2. The molecule has 0 saturated carbocycles. The number of hydrogen-bond donors (Lipinski definition) is 2. The van der Waals surface area contributed by atoms with E-state index >= 15 is 0 Å². The number of anilines is 2. The fourth-order valence-corrected chi connectivity index (χ4v) is 4.83. The van der Waals surface area contributed by atoms with Gasteiger partial charge in [-0.1, -0.05) is 18.3 Å². The third-order valence-electron chi connectivity index (χ3n) is 5.44. The van der Waals surface area contributed by atoms with Crippen LogP contribution in [0.15, 0.2) is 29.3 Å². The summed E-state index contributed by atoms with van der Waals surface area (Å²) in [4.78, 5) is 48.3. The van der Waals surface area contributed by atoms with Gasteiger partial charge in [0, 0.05) is 31.4 Å². The van der Waals surface area contributed by atoms with Gasteiger partial charge in [0.15, 0.2) is 10.8 Å².